The van der Waals surface area contributed by atoms with Gasteiger partial charge in [0, 0.05) is 19.3 Å². The maximum absolute atomic E-state index is 12.8. The Morgan fingerprint density at radius 2 is 0.551 bits per heavy atom. The number of carbonyl (C=O) groups is 3. The molecule has 0 N–H and O–H groups in total. The molecule has 0 bridgehead atoms. The van der Waals surface area contributed by atoms with Crippen molar-refractivity contribution < 1.29 is 28.6 Å². The smallest absolute Gasteiger partial charge is 0.306 e. The maximum atomic E-state index is 12.8. The predicted molar refractivity (Wildman–Crippen MR) is 298 cm³/mol. The third-order valence-corrected chi connectivity index (χ3v) is 13.3. The molecule has 0 spiro atoms. The molecule has 0 saturated carbocycles. The fourth-order valence-electron chi connectivity index (χ4n) is 8.71. The maximum Gasteiger partial charge on any atom is 0.306 e. The van der Waals surface area contributed by atoms with E-state index >= 15 is 0 Å². The molecule has 0 fully saturated rings. The average Bonchev–Trinajstić information content (AvgIpc) is 3.35. The van der Waals surface area contributed by atoms with Crippen LogP contribution in [0, 0.1) is 0 Å². The third kappa shape index (κ3) is 56.2. The van der Waals surface area contributed by atoms with E-state index in [1.54, 1.807) is 0 Å². The van der Waals surface area contributed by atoms with Crippen molar-refractivity contribution in [2.24, 2.45) is 0 Å². The Bertz CT molecular complexity index is 1200. The van der Waals surface area contributed by atoms with Gasteiger partial charge in [0.15, 0.2) is 6.10 Å². The van der Waals surface area contributed by atoms with Gasteiger partial charge in [0.25, 0.3) is 0 Å². The molecule has 0 saturated heterocycles. The number of carbonyl (C=O) groups excluding carboxylic acids is 3. The highest BCUT2D eigenvalue weighted by Gasteiger charge is 2.19. The Balaban J connectivity index is 4.23. The molecule has 6 heteroatoms. The lowest BCUT2D eigenvalue weighted by Gasteiger charge is -2.18. The first-order chi connectivity index (χ1) is 34.0. The Hall–Kier alpha value is -2.63. The molecule has 1 unspecified atom stereocenters. The topological polar surface area (TPSA) is 78.9 Å². The van der Waals surface area contributed by atoms with E-state index in [0.717, 1.165) is 96.3 Å². The molecule has 69 heavy (non-hydrogen) atoms. The molecule has 0 aromatic rings. The van der Waals surface area contributed by atoms with E-state index in [1.807, 2.05) is 0 Å². The van der Waals surface area contributed by atoms with Crippen LogP contribution in [0.1, 0.15) is 316 Å². The van der Waals surface area contributed by atoms with Gasteiger partial charge in [-0.3, -0.25) is 14.4 Å². The number of esters is 3. The van der Waals surface area contributed by atoms with Gasteiger partial charge in [-0.15, -0.1) is 0 Å². The second-order valence-corrected chi connectivity index (χ2v) is 20.2. The largest absolute Gasteiger partial charge is 0.462 e. The minimum absolute atomic E-state index is 0.0796. The van der Waals surface area contributed by atoms with Crippen LogP contribution in [0.2, 0.25) is 0 Å². The summed E-state index contributed by atoms with van der Waals surface area (Å²) in [6.07, 6.45) is 71.2. The SMILES string of the molecule is CCC/C=C\C/C=C\CCCCCCCC(=O)OC(COC(=O)CCCCCCC/C=C\CCCCCC)COC(=O)CCCCCCCCCCCCCCC/C=C\CCCCCCCCCC. The van der Waals surface area contributed by atoms with Crippen molar-refractivity contribution in [3.63, 3.8) is 0 Å². The summed E-state index contributed by atoms with van der Waals surface area (Å²) in [5, 5.41) is 0. The van der Waals surface area contributed by atoms with Crippen molar-refractivity contribution in [3.8, 4) is 0 Å². The van der Waals surface area contributed by atoms with Crippen molar-refractivity contribution in [3.05, 3.63) is 48.6 Å². The van der Waals surface area contributed by atoms with Gasteiger partial charge in [-0.1, -0.05) is 249 Å². The lowest BCUT2D eigenvalue weighted by atomic mass is 10.0. The van der Waals surface area contributed by atoms with Gasteiger partial charge in [0.1, 0.15) is 13.2 Å². The van der Waals surface area contributed by atoms with Crippen LogP contribution in [0.3, 0.4) is 0 Å². The van der Waals surface area contributed by atoms with Gasteiger partial charge in [0.05, 0.1) is 0 Å². The van der Waals surface area contributed by atoms with E-state index in [1.165, 1.54) is 180 Å². The summed E-state index contributed by atoms with van der Waals surface area (Å²) >= 11 is 0. The van der Waals surface area contributed by atoms with Crippen molar-refractivity contribution >= 4 is 17.9 Å². The summed E-state index contributed by atoms with van der Waals surface area (Å²) in [5.74, 6) is -0.890. The quantitative estimate of drug-likeness (QED) is 0.0262. The van der Waals surface area contributed by atoms with Gasteiger partial charge in [0.2, 0.25) is 0 Å². The molecule has 402 valence electrons. The molecule has 6 nitrogen and oxygen atoms in total. The van der Waals surface area contributed by atoms with Crippen molar-refractivity contribution in [1.29, 1.82) is 0 Å². The molecule has 0 aromatic heterocycles. The molecular formula is C63H114O6. The number of unbranched alkanes of at least 4 members (excludes halogenated alkanes) is 36. The normalized spacial score (nSPS) is 12.3. The summed E-state index contributed by atoms with van der Waals surface area (Å²) in [7, 11) is 0. The van der Waals surface area contributed by atoms with Crippen LogP contribution >= 0.6 is 0 Å². The number of ether oxygens (including phenoxy) is 3. The van der Waals surface area contributed by atoms with E-state index in [9.17, 15) is 14.4 Å². The highest BCUT2D eigenvalue weighted by molar-refractivity contribution is 5.71. The molecule has 0 aliphatic carbocycles. The van der Waals surface area contributed by atoms with Crippen molar-refractivity contribution in [2.75, 3.05) is 13.2 Å². The summed E-state index contributed by atoms with van der Waals surface area (Å²) in [6.45, 7) is 6.57. The lowest BCUT2D eigenvalue weighted by Crippen LogP contribution is -2.30. The van der Waals surface area contributed by atoms with Gasteiger partial charge in [-0.25, -0.2) is 0 Å². The van der Waals surface area contributed by atoms with Crippen molar-refractivity contribution in [1.82, 2.24) is 0 Å². The first-order valence-corrected chi connectivity index (χ1v) is 30.1. The lowest BCUT2D eigenvalue weighted by molar-refractivity contribution is -0.167. The van der Waals surface area contributed by atoms with Crippen LogP contribution in [0.4, 0.5) is 0 Å². The fraction of sp³-hybridized carbons (Fsp3) is 0.825. The molecule has 0 radical (unpaired) electrons. The summed E-state index contributed by atoms with van der Waals surface area (Å²) in [6, 6.07) is 0. The zero-order valence-corrected chi connectivity index (χ0v) is 46.1. The molecular weight excluding hydrogens is 853 g/mol. The summed E-state index contributed by atoms with van der Waals surface area (Å²) < 4.78 is 16.9. The Morgan fingerprint density at radius 1 is 0.290 bits per heavy atom. The molecule has 0 aliphatic heterocycles. The number of hydrogen-bond acceptors (Lipinski definition) is 6. The molecule has 0 aliphatic rings. The predicted octanol–water partition coefficient (Wildman–Crippen LogP) is 20.2. The molecule has 0 amide bonds. The highest BCUT2D eigenvalue weighted by atomic mass is 16.6. The molecule has 0 heterocycles. The van der Waals surface area contributed by atoms with Crippen LogP contribution in [-0.4, -0.2) is 37.2 Å². The van der Waals surface area contributed by atoms with Gasteiger partial charge in [-0.05, 0) is 96.3 Å². The zero-order chi connectivity index (χ0) is 50.0. The highest BCUT2D eigenvalue weighted by Crippen LogP contribution is 2.16. The van der Waals surface area contributed by atoms with E-state index in [4.69, 9.17) is 14.2 Å². The Labute approximate surface area is 428 Å². The third-order valence-electron chi connectivity index (χ3n) is 13.3. The van der Waals surface area contributed by atoms with E-state index in [2.05, 4.69) is 69.4 Å². The first-order valence-electron chi connectivity index (χ1n) is 30.1. The second-order valence-electron chi connectivity index (χ2n) is 20.2. The van der Waals surface area contributed by atoms with Crippen LogP contribution in [0.15, 0.2) is 48.6 Å². The van der Waals surface area contributed by atoms with E-state index in [0.29, 0.717) is 19.3 Å². The van der Waals surface area contributed by atoms with Crippen LogP contribution in [0.25, 0.3) is 0 Å². The molecule has 1 atom stereocenters. The Kier molecular flexibility index (Phi) is 55.7. The monoisotopic (exact) mass is 967 g/mol. The minimum Gasteiger partial charge on any atom is -0.462 e. The summed E-state index contributed by atoms with van der Waals surface area (Å²) in [4.78, 5) is 38.1. The van der Waals surface area contributed by atoms with Crippen LogP contribution in [0.5, 0.6) is 0 Å². The molecule has 0 rings (SSSR count). The van der Waals surface area contributed by atoms with Crippen LogP contribution in [-0.2, 0) is 28.6 Å². The minimum atomic E-state index is -0.782. The van der Waals surface area contributed by atoms with Gasteiger partial charge < -0.3 is 14.2 Å². The number of allylic oxidation sites excluding steroid dienone is 8. The van der Waals surface area contributed by atoms with Gasteiger partial charge in [-0.2, -0.15) is 0 Å². The average molecular weight is 968 g/mol. The fourth-order valence-corrected chi connectivity index (χ4v) is 8.71. The van der Waals surface area contributed by atoms with E-state index < -0.39 is 6.10 Å². The van der Waals surface area contributed by atoms with Crippen LogP contribution < -0.4 is 0 Å². The Morgan fingerprint density at radius 3 is 0.884 bits per heavy atom. The molecule has 0 aromatic carbocycles. The standard InChI is InChI=1S/C63H114O6/c1-4-7-10-13-16-19-22-25-26-27-28-29-30-31-32-33-34-35-36-39-41-44-47-50-53-56-62(65)68-59-60(69-63(66)57-54-51-48-45-42-38-24-21-18-15-12-9-6-3)58-67-61(64)55-52-49-46-43-40-37-23-20-17-14-11-8-5-2/h12,15,20-21,23-24,27-28,60H,4-11,13-14,16-19,22,25-26,29-59H2,1-3H3/b15-12-,23-20-,24-21-,28-27-. The zero-order valence-electron chi connectivity index (χ0n) is 46.1. The van der Waals surface area contributed by atoms with Gasteiger partial charge >= 0.3 is 17.9 Å². The second kappa shape index (κ2) is 57.9. The van der Waals surface area contributed by atoms with E-state index in [-0.39, 0.29) is 31.1 Å². The first kappa shape index (κ1) is 66.4. The van der Waals surface area contributed by atoms with Crippen molar-refractivity contribution in [2.45, 2.75) is 322 Å². The number of hydrogen-bond donors (Lipinski definition) is 0. The summed E-state index contributed by atoms with van der Waals surface area (Å²) in [5.41, 5.74) is 0. The number of rotatable bonds is 55.